The summed E-state index contributed by atoms with van der Waals surface area (Å²) in [6.45, 7) is 7.21. The summed E-state index contributed by atoms with van der Waals surface area (Å²) in [4.78, 5) is 13.7. The number of nitrogens with one attached hydrogen (secondary N) is 1. The minimum atomic E-state index is 0.304. The van der Waals surface area contributed by atoms with Gasteiger partial charge in [0.05, 0.1) is 0 Å². The van der Waals surface area contributed by atoms with E-state index in [-0.39, 0.29) is 0 Å². The van der Waals surface area contributed by atoms with Gasteiger partial charge in [-0.15, -0.1) is 0 Å². The quantitative estimate of drug-likeness (QED) is 0.736. The number of hydrogen-bond donors (Lipinski definition) is 1. The Morgan fingerprint density at radius 1 is 1.43 bits per heavy atom. The molecule has 82 valence electrons. The molecule has 1 fully saturated rings. The van der Waals surface area contributed by atoms with Gasteiger partial charge in [-0.1, -0.05) is 13.8 Å². The lowest BCUT2D eigenvalue weighted by molar-refractivity contribution is -0.133. The number of piperidine rings is 1. The smallest absolute Gasteiger partial charge is 0.223 e. The molecule has 0 bridgehead atoms. The van der Waals surface area contributed by atoms with Gasteiger partial charge in [0.15, 0.2) is 0 Å². The van der Waals surface area contributed by atoms with Crippen LogP contribution in [-0.2, 0) is 4.79 Å². The molecule has 0 aliphatic carbocycles. The fourth-order valence-electron chi connectivity index (χ4n) is 1.88. The standard InChI is InChI=1S/C11H22N2O/c1-9-5-7-13(8-10(9)2)11(14)4-6-12-3/h9-10,12H,4-8H2,1-3H3. The Bertz CT molecular complexity index is 194. The number of rotatable bonds is 3. The van der Waals surface area contributed by atoms with Gasteiger partial charge in [0.25, 0.3) is 0 Å². The van der Waals surface area contributed by atoms with Gasteiger partial charge >= 0.3 is 0 Å². The summed E-state index contributed by atoms with van der Waals surface area (Å²) in [6.07, 6.45) is 1.80. The fourth-order valence-corrected chi connectivity index (χ4v) is 1.88. The van der Waals surface area contributed by atoms with E-state index >= 15 is 0 Å². The summed E-state index contributed by atoms with van der Waals surface area (Å²) in [5.41, 5.74) is 0. The van der Waals surface area contributed by atoms with Crippen LogP contribution in [0.1, 0.15) is 26.7 Å². The van der Waals surface area contributed by atoms with Gasteiger partial charge < -0.3 is 10.2 Å². The molecule has 1 rings (SSSR count). The number of hydrogen-bond acceptors (Lipinski definition) is 2. The first-order chi connectivity index (χ1) is 6.65. The zero-order valence-electron chi connectivity index (χ0n) is 9.55. The Balaban J connectivity index is 2.34. The van der Waals surface area contributed by atoms with Crippen LogP contribution in [0.15, 0.2) is 0 Å². The molecule has 0 aromatic rings. The predicted octanol–water partition coefficient (Wildman–Crippen LogP) is 1.10. The zero-order chi connectivity index (χ0) is 10.6. The third-order valence-corrected chi connectivity index (χ3v) is 3.28. The Labute approximate surface area is 86.9 Å². The van der Waals surface area contributed by atoms with E-state index in [2.05, 4.69) is 19.2 Å². The van der Waals surface area contributed by atoms with Crippen LogP contribution < -0.4 is 5.32 Å². The maximum Gasteiger partial charge on any atom is 0.223 e. The predicted molar refractivity (Wildman–Crippen MR) is 58.1 cm³/mol. The first-order valence-electron chi connectivity index (χ1n) is 5.57. The minimum absolute atomic E-state index is 0.304. The first kappa shape index (κ1) is 11.5. The molecule has 3 nitrogen and oxygen atoms in total. The fraction of sp³-hybridized carbons (Fsp3) is 0.909. The van der Waals surface area contributed by atoms with Crippen molar-refractivity contribution in [3.8, 4) is 0 Å². The molecule has 1 heterocycles. The molecule has 1 aliphatic rings. The average molecular weight is 198 g/mol. The second-order valence-corrected chi connectivity index (χ2v) is 4.44. The second kappa shape index (κ2) is 5.35. The second-order valence-electron chi connectivity index (χ2n) is 4.44. The van der Waals surface area contributed by atoms with E-state index in [1.807, 2.05) is 11.9 Å². The molecule has 0 spiro atoms. The Hall–Kier alpha value is -0.570. The molecule has 14 heavy (non-hydrogen) atoms. The van der Waals surface area contributed by atoms with Crippen molar-refractivity contribution in [2.24, 2.45) is 11.8 Å². The monoisotopic (exact) mass is 198 g/mol. The Morgan fingerprint density at radius 3 is 2.71 bits per heavy atom. The molecule has 0 radical (unpaired) electrons. The highest BCUT2D eigenvalue weighted by Gasteiger charge is 2.25. The number of likely N-dealkylation sites (tertiary alicyclic amines) is 1. The van der Waals surface area contributed by atoms with E-state index in [4.69, 9.17) is 0 Å². The van der Waals surface area contributed by atoms with Gasteiger partial charge in [-0.2, -0.15) is 0 Å². The van der Waals surface area contributed by atoms with Crippen LogP contribution >= 0.6 is 0 Å². The maximum absolute atomic E-state index is 11.7. The van der Waals surface area contributed by atoms with Gasteiger partial charge in [0.2, 0.25) is 5.91 Å². The van der Waals surface area contributed by atoms with E-state index in [9.17, 15) is 4.79 Å². The number of amides is 1. The highest BCUT2D eigenvalue weighted by Crippen LogP contribution is 2.22. The lowest BCUT2D eigenvalue weighted by Crippen LogP contribution is -2.42. The number of nitrogens with zero attached hydrogens (tertiary/aromatic N) is 1. The number of carbonyl (C=O) groups is 1. The summed E-state index contributed by atoms with van der Waals surface area (Å²) >= 11 is 0. The lowest BCUT2D eigenvalue weighted by atomic mass is 9.88. The third-order valence-electron chi connectivity index (χ3n) is 3.28. The average Bonchev–Trinajstić information content (AvgIpc) is 2.18. The van der Waals surface area contributed by atoms with Crippen molar-refractivity contribution in [1.29, 1.82) is 0 Å². The van der Waals surface area contributed by atoms with Crippen LogP contribution in [0.3, 0.4) is 0 Å². The van der Waals surface area contributed by atoms with Crippen LogP contribution in [-0.4, -0.2) is 37.5 Å². The molecule has 2 unspecified atom stereocenters. The van der Waals surface area contributed by atoms with E-state index < -0.39 is 0 Å². The molecule has 1 aliphatic heterocycles. The lowest BCUT2D eigenvalue weighted by Gasteiger charge is -2.35. The molecule has 1 saturated heterocycles. The molecule has 0 aromatic carbocycles. The summed E-state index contributed by atoms with van der Waals surface area (Å²) < 4.78 is 0. The van der Waals surface area contributed by atoms with Crippen molar-refractivity contribution < 1.29 is 4.79 Å². The minimum Gasteiger partial charge on any atom is -0.342 e. The Morgan fingerprint density at radius 2 is 2.14 bits per heavy atom. The van der Waals surface area contributed by atoms with Crippen molar-refractivity contribution >= 4 is 5.91 Å². The van der Waals surface area contributed by atoms with Crippen LogP contribution in [0.2, 0.25) is 0 Å². The van der Waals surface area contributed by atoms with Gasteiger partial charge in [-0.05, 0) is 25.3 Å². The highest BCUT2D eigenvalue weighted by atomic mass is 16.2. The van der Waals surface area contributed by atoms with Gasteiger partial charge in [-0.3, -0.25) is 4.79 Å². The van der Waals surface area contributed by atoms with E-state index in [0.29, 0.717) is 18.2 Å². The van der Waals surface area contributed by atoms with Crippen molar-refractivity contribution in [2.45, 2.75) is 26.7 Å². The zero-order valence-corrected chi connectivity index (χ0v) is 9.55. The third kappa shape index (κ3) is 2.98. The van der Waals surface area contributed by atoms with Gasteiger partial charge in [-0.25, -0.2) is 0 Å². The molecule has 1 N–H and O–H groups in total. The molecular weight excluding hydrogens is 176 g/mol. The molecule has 0 saturated carbocycles. The van der Waals surface area contributed by atoms with Crippen molar-refractivity contribution in [2.75, 3.05) is 26.7 Å². The molecule has 1 amide bonds. The first-order valence-corrected chi connectivity index (χ1v) is 5.57. The normalized spacial score (nSPS) is 27.8. The maximum atomic E-state index is 11.7. The Kier molecular flexibility index (Phi) is 4.39. The van der Waals surface area contributed by atoms with Crippen LogP contribution in [0.4, 0.5) is 0 Å². The van der Waals surface area contributed by atoms with Crippen molar-refractivity contribution in [3.05, 3.63) is 0 Å². The van der Waals surface area contributed by atoms with Crippen LogP contribution in [0.25, 0.3) is 0 Å². The largest absolute Gasteiger partial charge is 0.342 e. The molecule has 0 aromatic heterocycles. The van der Waals surface area contributed by atoms with E-state index in [1.54, 1.807) is 0 Å². The van der Waals surface area contributed by atoms with Crippen molar-refractivity contribution in [3.63, 3.8) is 0 Å². The summed E-state index contributed by atoms with van der Waals surface area (Å²) in [6, 6.07) is 0. The highest BCUT2D eigenvalue weighted by molar-refractivity contribution is 5.76. The summed E-state index contributed by atoms with van der Waals surface area (Å²) in [5, 5.41) is 3.01. The molecular formula is C11H22N2O. The van der Waals surface area contributed by atoms with Crippen molar-refractivity contribution in [1.82, 2.24) is 10.2 Å². The summed E-state index contributed by atoms with van der Waals surface area (Å²) in [5.74, 6) is 1.73. The summed E-state index contributed by atoms with van der Waals surface area (Å²) in [7, 11) is 1.88. The topological polar surface area (TPSA) is 32.3 Å². The number of carbonyl (C=O) groups excluding carboxylic acids is 1. The SMILES string of the molecule is CNCCC(=O)N1CCC(C)C(C)C1. The van der Waals surface area contributed by atoms with E-state index in [0.717, 1.165) is 32.0 Å². The van der Waals surface area contributed by atoms with Gasteiger partial charge in [0.1, 0.15) is 0 Å². The molecule has 2 atom stereocenters. The van der Waals surface area contributed by atoms with Gasteiger partial charge in [0, 0.05) is 26.1 Å². The van der Waals surface area contributed by atoms with Crippen LogP contribution in [0, 0.1) is 11.8 Å². The van der Waals surface area contributed by atoms with Crippen LogP contribution in [0.5, 0.6) is 0 Å². The molecule has 3 heteroatoms. The van der Waals surface area contributed by atoms with E-state index in [1.165, 1.54) is 0 Å².